The molecule has 172 valence electrons. The first-order valence-corrected chi connectivity index (χ1v) is 10.9. The summed E-state index contributed by atoms with van der Waals surface area (Å²) < 4.78 is 7.86. The van der Waals surface area contributed by atoms with E-state index in [2.05, 4.69) is 51.6 Å². The summed E-state index contributed by atoms with van der Waals surface area (Å²) in [6, 6.07) is 10.3. The Kier molecular flexibility index (Phi) is 10.5. The maximum atomic E-state index is 6.12. The molecule has 2 aromatic rings. The van der Waals surface area contributed by atoms with Gasteiger partial charge in [-0.05, 0) is 44.0 Å². The third-order valence-corrected chi connectivity index (χ3v) is 5.50. The molecule has 0 amide bonds. The largest absolute Gasteiger partial charge is 0.373 e. The van der Waals surface area contributed by atoms with Crippen molar-refractivity contribution in [2.45, 2.75) is 38.5 Å². The number of benzene rings is 1. The predicted octanol–water partition coefficient (Wildman–Crippen LogP) is 3.56. The number of ether oxygens (including phenoxy) is 1. The average Bonchev–Trinajstić information content (AvgIpc) is 3.24. The Bertz CT molecular complexity index is 797. The van der Waals surface area contributed by atoms with E-state index in [0.29, 0.717) is 0 Å². The van der Waals surface area contributed by atoms with Gasteiger partial charge in [-0.25, -0.2) is 0 Å². The Morgan fingerprint density at radius 1 is 1.29 bits per heavy atom. The molecular formula is C22H34ClIN6O. The topological polar surface area (TPSA) is 66.7 Å². The smallest absolute Gasteiger partial charge is 0.191 e. The van der Waals surface area contributed by atoms with Gasteiger partial charge in [0.1, 0.15) is 0 Å². The minimum atomic E-state index is -0.157. The van der Waals surface area contributed by atoms with Gasteiger partial charge in [-0.3, -0.25) is 14.6 Å². The lowest BCUT2D eigenvalue weighted by atomic mass is 10.0. The minimum absolute atomic E-state index is 0. The van der Waals surface area contributed by atoms with Crippen LogP contribution in [0.2, 0.25) is 5.02 Å². The first kappa shape index (κ1) is 25.9. The number of nitrogens with zero attached hydrogens (tertiary/aromatic N) is 4. The van der Waals surface area contributed by atoms with Crippen LogP contribution in [0.3, 0.4) is 0 Å². The van der Waals surface area contributed by atoms with Crippen molar-refractivity contribution in [3.05, 3.63) is 53.3 Å². The SMILES string of the molecule is CN=C(NCCCn1cccn1)NCC(c1ccc(Cl)cc1)N1CCOC(C)(C)C1.I. The van der Waals surface area contributed by atoms with Crippen molar-refractivity contribution in [1.82, 2.24) is 25.3 Å². The second-order valence-corrected chi connectivity index (χ2v) is 8.58. The van der Waals surface area contributed by atoms with Crippen LogP contribution < -0.4 is 10.6 Å². The Hall–Kier alpha value is -1.36. The molecule has 2 N–H and O–H groups in total. The Balaban J connectivity index is 0.00000341. The number of hydrogen-bond donors (Lipinski definition) is 2. The number of hydrogen-bond acceptors (Lipinski definition) is 4. The van der Waals surface area contributed by atoms with Gasteiger partial charge < -0.3 is 15.4 Å². The van der Waals surface area contributed by atoms with Crippen molar-refractivity contribution in [3.8, 4) is 0 Å². The first-order chi connectivity index (χ1) is 14.5. The lowest BCUT2D eigenvalue weighted by Gasteiger charge is -2.42. The molecule has 0 aliphatic carbocycles. The van der Waals surface area contributed by atoms with Crippen molar-refractivity contribution < 1.29 is 4.74 Å². The molecule has 1 aromatic carbocycles. The second kappa shape index (κ2) is 12.6. The van der Waals surface area contributed by atoms with Crippen LogP contribution in [0, 0.1) is 0 Å². The maximum absolute atomic E-state index is 6.12. The number of aryl methyl sites for hydroxylation is 1. The monoisotopic (exact) mass is 560 g/mol. The molecular weight excluding hydrogens is 527 g/mol. The predicted molar refractivity (Wildman–Crippen MR) is 137 cm³/mol. The van der Waals surface area contributed by atoms with Crippen molar-refractivity contribution in [1.29, 1.82) is 0 Å². The van der Waals surface area contributed by atoms with Crippen LogP contribution in [0.25, 0.3) is 0 Å². The average molecular weight is 561 g/mol. The fourth-order valence-corrected chi connectivity index (χ4v) is 3.88. The molecule has 31 heavy (non-hydrogen) atoms. The molecule has 0 bridgehead atoms. The Labute approximate surface area is 207 Å². The van der Waals surface area contributed by atoms with Crippen LogP contribution in [-0.4, -0.2) is 66.1 Å². The number of aromatic nitrogens is 2. The molecule has 1 aliphatic rings. The third kappa shape index (κ3) is 8.25. The van der Waals surface area contributed by atoms with Gasteiger partial charge in [-0.1, -0.05) is 23.7 Å². The zero-order chi connectivity index (χ0) is 21.4. The number of nitrogens with one attached hydrogen (secondary N) is 2. The molecule has 7 nitrogen and oxygen atoms in total. The van der Waals surface area contributed by atoms with Gasteiger partial charge in [-0.15, -0.1) is 24.0 Å². The molecule has 1 aliphatic heterocycles. The van der Waals surface area contributed by atoms with Crippen molar-refractivity contribution in [2.24, 2.45) is 4.99 Å². The Morgan fingerprint density at radius 3 is 2.71 bits per heavy atom. The van der Waals surface area contributed by atoms with E-state index in [9.17, 15) is 0 Å². The molecule has 1 unspecified atom stereocenters. The Morgan fingerprint density at radius 2 is 2.06 bits per heavy atom. The van der Waals surface area contributed by atoms with E-state index in [0.717, 1.165) is 56.7 Å². The van der Waals surface area contributed by atoms with E-state index < -0.39 is 0 Å². The highest BCUT2D eigenvalue weighted by atomic mass is 127. The molecule has 3 rings (SSSR count). The van der Waals surface area contributed by atoms with Gasteiger partial charge in [0.2, 0.25) is 0 Å². The van der Waals surface area contributed by atoms with Crippen molar-refractivity contribution in [2.75, 3.05) is 39.8 Å². The summed E-state index contributed by atoms with van der Waals surface area (Å²) in [5.74, 6) is 0.807. The number of halogens is 2. The number of aliphatic imine (C=N–C) groups is 1. The molecule has 1 saturated heterocycles. The highest BCUT2D eigenvalue weighted by molar-refractivity contribution is 14.0. The summed E-state index contributed by atoms with van der Waals surface area (Å²) in [5.41, 5.74) is 1.08. The fraction of sp³-hybridized carbons (Fsp3) is 0.545. The molecule has 1 aromatic heterocycles. The zero-order valence-corrected chi connectivity index (χ0v) is 21.6. The second-order valence-electron chi connectivity index (χ2n) is 8.15. The lowest BCUT2D eigenvalue weighted by molar-refractivity contribution is -0.0971. The van der Waals surface area contributed by atoms with E-state index in [1.807, 2.05) is 29.1 Å². The van der Waals surface area contributed by atoms with E-state index in [1.165, 1.54) is 5.56 Å². The highest BCUT2D eigenvalue weighted by Gasteiger charge is 2.32. The van der Waals surface area contributed by atoms with Gasteiger partial charge in [0, 0.05) is 57.2 Å². The van der Waals surface area contributed by atoms with Crippen LogP contribution in [0.4, 0.5) is 0 Å². The molecule has 0 spiro atoms. The standard InChI is InChI=1S/C22H33ClN6O.HI/c1-22(2)17-28(14-15-30-22)20(18-6-8-19(23)9-7-18)16-26-21(24-3)25-10-4-12-29-13-5-11-27-29;/h5-9,11,13,20H,4,10,12,14-17H2,1-3H3,(H2,24,25,26);1H. The summed E-state index contributed by atoms with van der Waals surface area (Å²) in [7, 11) is 1.80. The van der Waals surface area contributed by atoms with E-state index >= 15 is 0 Å². The summed E-state index contributed by atoms with van der Waals surface area (Å²) in [6.45, 7) is 9.25. The van der Waals surface area contributed by atoms with Crippen LogP contribution in [0.5, 0.6) is 0 Å². The summed E-state index contributed by atoms with van der Waals surface area (Å²) in [4.78, 5) is 6.86. The summed E-state index contributed by atoms with van der Waals surface area (Å²) >= 11 is 6.12. The van der Waals surface area contributed by atoms with Gasteiger partial charge in [-0.2, -0.15) is 5.10 Å². The molecule has 1 atom stereocenters. The molecule has 9 heteroatoms. The number of rotatable bonds is 8. The van der Waals surface area contributed by atoms with Gasteiger partial charge >= 0.3 is 0 Å². The fourth-order valence-electron chi connectivity index (χ4n) is 3.76. The van der Waals surface area contributed by atoms with Gasteiger partial charge in [0.15, 0.2) is 5.96 Å². The van der Waals surface area contributed by atoms with Crippen molar-refractivity contribution in [3.63, 3.8) is 0 Å². The maximum Gasteiger partial charge on any atom is 0.191 e. The quantitative estimate of drug-likeness (QED) is 0.224. The minimum Gasteiger partial charge on any atom is -0.373 e. The zero-order valence-electron chi connectivity index (χ0n) is 18.6. The molecule has 0 saturated carbocycles. The highest BCUT2D eigenvalue weighted by Crippen LogP contribution is 2.27. The number of guanidine groups is 1. The first-order valence-electron chi connectivity index (χ1n) is 10.5. The number of morpholine rings is 1. The van der Waals surface area contributed by atoms with Crippen LogP contribution in [0.15, 0.2) is 47.7 Å². The summed E-state index contributed by atoms with van der Waals surface area (Å²) in [6.07, 6.45) is 4.76. The van der Waals surface area contributed by atoms with Crippen LogP contribution >= 0.6 is 35.6 Å². The summed E-state index contributed by atoms with van der Waals surface area (Å²) in [5, 5.41) is 11.9. The van der Waals surface area contributed by atoms with E-state index in [4.69, 9.17) is 16.3 Å². The molecule has 0 radical (unpaired) electrons. The lowest BCUT2D eigenvalue weighted by Crippen LogP contribution is -2.52. The van der Waals surface area contributed by atoms with Crippen LogP contribution in [0.1, 0.15) is 31.9 Å². The molecule has 2 heterocycles. The van der Waals surface area contributed by atoms with Gasteiger partial charge in [0.05, 0.1) is 18.2 Å². The van der Waals surface area contributed by atoms with E-state index in [1.54, 1.807) is 13.2 Å². The normalized spacial score (nSPS) is 17.6. The molecule has 1 fully saturated rings. The van der Waals surface area contributed by atoms with Crippen molar-refractivity contribution >= 4 is 41.5 Å². The third-order valence-electron chi connectivity index (χ3n) is 5.25. The van der Waals surface area contributed by atoms with Gasteiger partial charge in [0.25, 0.3) is 0 Å². The van der Waals surface area contributed by atoms with E-state index in [-0.39, 0.29) is 35.6 Å². The van der Waals surface area contributed by atoms with Crippen LogP contribution in [-0.2, 0) is 11.3 Å².